The van der Waals surface area contributed by atoms with Gasteiger partial charge < -0.3 is 15.4 Å². The number of carbonyl (C=O) groups is 2. The first kappa shape index (κ1) is 19.1. The maximum atomic E-state index is 13.8. The van der Waals surface area contributed by atoms with Crippen LogP contribution in [-0.2, 0) is 11.2 Å². The summed E-state index contributed by atoms with van der Waals surface area (Å²) in [6.45, 7) is -0.466. The van der Waals surface area contributed by atoms with Crippen molar-refractivity contribution in [3.63, 3.8) is 0 Å². The Morgan fingerprint density at radius 1 is 1.31 bits per heavy atom. The number of fused-ring (bicyclic) bond motifs is 2. The number of nitrogens with one attached hydrogen (secondary N) is 2. The van der Waals surface area contributed by atoms with Crippen molar-refractivity contribution in [2.24, 2.45) is 0 Å². The number of aryl methyl sites for hydroxylation is 1. The molecule has 4 rings (SSSR count). The van der Waals surface area contributed by atoms with Gasteiger partial charge in [0.05, 0.1) is 0 Å². The van der Waals surface area contributed by atoms with E-state index >= 15 is 0 Å². The van der Waals surface area contributed by atoms with Gasteiger partial charge in [-0.25, -0.2) is 18.4 Å². The number of anilines is 1. The Bertz CT molecular complexity index is 1010. The topological polar surface area (TPSA) is 98.1 Å². The molecule has 0 spiro atoms. The van der Waals surface area contributed by atoms with Crippen LogP contribution in [0.1, 0.15) is 28.9 Å². The summed E-state index contributed by atoms with van der Waals surface area (Å²) in [4.78, 5) is 28.4. The van der Waals surface area contributed by atoms with E-state index in [1.807, 2.05) is 0 Å². The number of carbonyl (C=O) groups excluding carboxylic acids is 2. The molecule has 29 heavy (non-hydrogen) atoms. The highest BCUT2D eigenvalue weighted by Gasteiger charge is 2.46. The second kappa shape index (κ2) is 6.67. The molecule has 2 atom stereocenters. The van der Waals surface area contributed by atoms with Crippen LogP contribution >= 0.6 is 0 Å². The van der Waals surface area contributed by atoms with E-state index < -0.39 is 54.1 Å². The van der Waals surface area contributed by atoms with E-state index in [1.54, 1.807) is 0 Å². The first-order valence-corrected chi connectivity index (χ1v) is 8.39. The first-order chi connectivity index (χ1) is 13.6. The predicted octanol–water partition coefficient (Wildman–Crippen LogP) is 1.74. The van der Waals surface area contributed by atoms with Crippen molar-refractivity contribution in [2.75, 3.05) is 11.9 Å². The van der Waals surface area contributed by atoms with Crippen LogP contribution in [0.25, 0.3) is 0 Å². The standard InChI is InChI=1S/C16H12F5N5O3/c17-6-3-7(18)12-9(4-6)29-5-8(14(27)24-12)22-15(28)13-23-11-2-1-10(16(19,20)21)26(11)25-13/h3-4,8,10H,1-2,5H2,(H,22,28)(H,24,27)/t8-,10-/m0/s1. The Kier molecular flexibility index (Phi) is 4.39. The molecule has 0 aliphatic carbocycles. The Balaban J connectivity index is 1.50. The summed E-state index contributed by atoms with van der Waals surface area (Å²) in [5.74, 6) is -4.65. The van der Waals surface area contributed by atoms with Crippen molar-refractivity contribution in [3.8, 4) is 5.75 Å². The molecular formula is C16H12F5N5O3. The number of nitrogens with zero attached hydrogens (tertiary/aromatic N) is 3. The normalized spacial score (nSPS) is 20.9. The Morgan fingerprint density at radius 3 is 2.79 bits per heavy atom. The molecule has 0 unspecified atom stereocenters. The number of ether oxygens (including phenoxy) is 1. The molecule has 2 N–H and O–H groups in total. The summed E-state index contributed by atoms with van der Waals surface area (Å²) in [5, 5.41) is 8.01. The van der Waals surface area contributed by atoms with Gasteiger partial charge in [-0.1, -0.05) is 0 Å². The van der Waals surface area contributed by atoms with Gasteiger partial charge in [-0.15, -0.1) is 5.10 Å². The zero-order valence-electron chi connectivity index (χ0n) is 14.4. The van der Waals surface area contributed by atoms with Crippen molar-refractivity contribution < 1.29 is 36.3 Å². The third kappa shape index (κ3) is 3.47. The number of amides is 2. The molecule has 0 saturated heterocycles. The van der Waals surface area contributed by atoms with Gasteiger partial charge in [-0.2, -0.15) is 13.2 Å². The maximum Gasteiger partial charge on any atom is 0.410 e. The predicted molar refractivity (Wildman–Crippen MR) is 85.2 cm³/mol. The molecule has 2 aromatic rings. The molecule has 2 amide bonds. The summed E-state index contributed by atoms with van der Waals surface area (Å²) >= 11 is 0. The zero-order chi connectivity index (χ0) is 20.9. The van der Waals surface area contributed by atoms with Crippen LogP contribution in [0.15, 0.2) is 12.1 Å². The van der Waals surface area contributed by atoms with E-state index in [0.717, 1.165) is 6.07 Å². The molecule has 0 radical (unpaired) electrons. The van der Waals surface area contributed by atoms with E-state index in [-0.39, 0.29) is 30.1 Å². The van der Waals surface area contributed by atoms with E-state index in [4.69, 9.17) is 4.74 Å². The summed E-state index contributed by atoms with van der Waals surface area (Å²) in [5.41, 5.74) is -0.389. The number of benzene rings is 1. The smallest absolute Gasteiger partial charge is 0.410 e. The lowest BCUT2D eigenvalue weighted by molar-refractivity contribution is -0.168. The molecule has 13 heteroatoms. The van der Waals surface area contributed by atoms with Crippen molar-refractivity contribution in [1.82, 2.24) is 20.1 Å². The zero-order valence-corrected chi connectivity index (χ0v) is 14.4. The van der Waals surface area contributed by atoms with Crippen LogP contribution in [0.4, 0.5) is 27.6 Å². The third-order valence-electron chi connectivity index (χ3n) is 4.51. The molecule has 1 aromatic heterocycles. The number of halogens is 5. The van der Waals surface area contributed by atoms with E-state index in [9.17, 15) is 31.5 Å². The lowest BCUT2D eigenvalue weighted by atomic mass is 10.2. The fraction of sp³-hybridized carbons (Fsp3) is 0.375. The van der Waals surface area contributed by atoms with Crippen LogP contribution < -0.4 is 15.4 Å². The summed E-state index contributed by atoms with van der Waals surface area (Å²) < 4.78 is 71.9. The molecular weight excluding hydrogens is 405 g/mol. The van der Waals surface area contributed by atoms with Crippen molar-refractivity contribution in [2.45, 2.75) is 31.1 Å². The molecule has 1 aromatic carbocycles. The molecule has 8 nitrogen and oxygen atoms in total. The highest BCUT2D eigenvalue weighted by molar-refractivity contribution is 6.01. The minimum absolute atomic E-state index is 0.00235. The highest BCUT2D eigenvalue weighted by atomic mass is 19.4. The lowest BCUT2D eigenvalue weighted by Gasteiger charge is -2.15. The maximum absolute atomic E-state index is 13.8. The number of rotatable bonds is 2. The van der Waals surface area contributed by atoms with Crippen molar-refractivity contribution >= 4 is 17.5 Å². The van der Waals surface area contributed by atoms with Gasteiger partial charge in [0.2, 0.25) is 5.82 Å². The number of hydrogen-bond donors (Lipinski definition) is 2. The molecule has 0 fully saturated rings. The molecule has 2 aliphatic heterocycles. The molecule has 0 bridgehead atoms. The Morgan fingerprint density at radius 2 is 2.07 bits per heavy atom. The SMILES string of the molecule is O=C(N[C@H]1COc2cc(F)cc(F)c2NC1=O)c1nc2n(n1)[C@H](C(F)(F)F)CC2. The van der Waals surface area contributed by atoms with Gasteiger partial charge in [0.25, 0.3) is 11.8 Å². The van der Waals surface area contributed by atoms with Crippen molar-refractivity contribution in [1.29, 1.82) is 0 Å². The largest absolute Gasteiger partial charge is 0.488 e. The van der Waals surface area contributed by atoms with Crippen LogP contribution in [0.5, 0.6) is 5.75 Å². The molecule has 3 heterocycles. The van der Waals surface area contributed by atoms with Gasteiger partial charge in [0.15, 0.2) is 5.82 Å². The van der Waals surface area contributed by atoms with E-state index in [0.29, 0.717) is 10.7 Å². The molecule has 2 aliphatic rings. The minimum Gasteiger partial charge on any atom is -0.488 e. The number of aromatic nitrogens is 3. The molecule has 154 valence electrons. The van der Waals surface area contributed by atoms with Gasteiger partial charge in [-0.05, 0) is 6.42 Å². The van der Waals surface area contributed by atoms with Gasteiger partial charge >= 0.3 is 6.18 Å². The first-order valence-electron chi connectivity index (χ1n) is 8.39. The van der Waals surface area contributed by atoms with Crippen LogP contribution in [0.3, 0.4) is 0 Å². The van der Waals surface area contributed by atoms with Gasteiger partial charge in [0, 0.05) is 18.6 Å². The summed E-state index contributed by atoms with van der Waals surface area (Å²) in [7, 11) is 0. The van der Waals surface area contributed by atoms with Crippen molar-refractivity contribution in [3.05, 3.63) is 35.4 Å². The van der Waals surface area contributed by atoms with Crippen LogP contribution in [-0.4, -0.2) is 45.4 Å². The van der Waals surface area contributed by atoms with E-state index in [2.05, 4.69) is 20.7 Å². The molecule has 0 saturated carbocycles. The van der Waals surface area contributed by atoms with Crippen LogP contribution in [0.2, 0.25) is 0 Å². The minimum atomic E-state index is -4.53. The second-order valence-electron chi connectivity index (χ2n) is 6.48. The van der Waals surface area contributed by atoms with Gasteiger partial charge in [0.1, 0.15) is 41.8 Å². The number of hydrogen-bond acceptors (Lipinski definition) is 5. The fourth-order valence-corrected chi connectivity index (χ4v) is 3.14. The Hall–Kier alpha value is -3.25. The van der Waals surface area contributed by atoms with Gasteiger partial charge in [-0.3, -0.25) is 9.59 Å². The summed E-state index contributed by atoms with van der Waals surface area (Å²) in [6.07, 6.45) is -4.76. The van der Waals surface area contributed by atoms with Crippen LogP contribution in [0, 0.1) is 11.6 Å². The lowest BCUT2D eigenvalue weighted by Crippen LogP contribution is -2.46. The number of alkyl halides is 3. The fourth-order valence-electron chi connectivity index (χ4n) is 3.14. The summed E-state index contributed by atoms with van der Waals surface area (Å²) in [6, 6.07) is -1.80. The highest BCUT2D eigenvalue weighted by Crippen LogP contribution is 2.38. The van der Waals surface area contributed by atoms with E-state index in [1.165, 1.54) is 0 Å². The average molecular weight is 417 g/mol. The monoisotopic (exact) mass is 417 g/mol. The Labute approximate surface area is 159 Å². The third-order valence-corrected chi connectivity index (χ3v) is 4.51. The average Bonchev–Trinajstić information content (AvgIpc) is 3.16. The second-order valence-corrected chi connectivity index (χ2v) is 6.48. The quantitative estimate of drug-likeness (QED) is 0.726.